The van der Waals surface area contributed by atoms with E-state index >= 15 is 0 Å². The van der Waals surface area contributed by atoms with Crippen molar-refractivity contribution in [3.05, 3.63) is 92.4 Å². The number of carbonyl (C=O) groups is 2. The number of benzene rings is 3. The Bertz CT molecular complexity index is 1420. The van der Waals surface area contributed by atoms with E-state index in [1.165, 1.54) is 54.4 Å². The quantitative estimate of drug-likeness (QED) is 0.300. The van der Waals surface area contributed by atoms with Crippen molar-refractivity contribution in [2.75, 3.05) is 17.9 Å². The van der Waals surface area contributed by atoms with Gasteiger partial charge in [-0.1, -0.05) is 65.5 Å². The maximum absolute atomic E-state index is 13.9. The molecule has 0 aliphatic heterocycles. The van der Waals surface area contributed by atoms with E-state index in [0.29, 0.717) is 20.6 Å². The number of hydrogen-bond donors (Lipinski definition) is 1. The summed E-state index contributed by atoms with van der Waals surface area (Å²) in [5.74, 6) is -1.02. The molecule has 0 aliphatic rings. The van der Waals surface area contributed by atoms with Crippen molar-refractivity contribution in [1.29, 1.82) is 0 Å². The van der Waals surface area contributed by atoms with Gasteiger partial charge in [0.05, 0.1) is 10.6 Å². The molecule has 1 unspecified atom stereocenters. The lowest BCUT2D eigenvalue weighted by Gasteiger charge is -2.33. The lowest BCUT2D eigenvalue weighted by atomic mass is 10.1. The number of hydrogen-bond acceptors (Lipinski definition) is 4. The minimum absolute atomic E-state index is 0.0505. The summed E-state index contributed by atoms with van der Waals surface area (Å²) in [6.45, 7) is 1.10. The zero-order chi connectivity index (χ0) is 28.0. The molecule has 0 heterocycles. The van der Waals surface area contributed by atoms with Gasteiger partial charge in [-0.2, -0.15) is 0 Å². The van der Waals surface area contributed by atoms with Gasteiger partial charge in [0.1, 0.15) is 12.6 Å². The van der Waals surface area contributed by atoms with Crippen molar-refractivity contribution in [3.8, 4) is 0 Å². The second kappa shape index (κ2) is 13.0. The van der Waals surface area contributed by atoms with Gasteiger partial charge in [-0.3, -0.25) is 13.9 Å². The van der Waals surface area contributed by atoms with Crippen LogP contribution in [0, 0.1) is 0 Å². The van der Waals surface area contributed by atoms with Crippen molar-refractivity contribution >= 4 is 73.9 Å². The molecule has 2 amide bonds. The fraction of sp³-hybridized carbons (Fsp3) is 0.231. The Morgan fingerprint density at radius 1 is 0.895 bits per heavy atom. The molecule has 38 heavy (non-hydrogen) atoms. The minimum atomic E-state index is -4.24. The van der Waals surface area contributed by atoms with Gasteiger partial charge in [-0.15, -0.1) is 0 Å². The number of sulfonamides is 1. The van der Waals surface area contributed by atoms with Crippen molar-refractivity contribution < 1.29 is 18.0 Å². The molecule has 0 spiro atoms. The highest BCUT2D eigenvalue weighted by Gasteiger charge is 2.33. The summed E-state index contributed by atoms with van der Waals surface area (Å²) in [4.78, 5) is 27.9. The largest absolute Gasteiger partial charge is 0.357 e. The molecule has 12 heteroatoms. The van der Waals surface area contributed by atoms with Crippen LogP contribution < -0.4 is 9.62 Å². The molecule has 7 nitrogen and oxygen atoms in total. The standard InChI is InChI=1S/C26H25Cl4N3O4S/c1-3-24(26(35)31-2)32(15-17-7-8-20(29)14-23(17)30)25(34)16-33(21-6-4-5-19(28)13-21)38(36,37)22-11-9-18(27)10-12-22/h4-14,24H,3,15-16H2,1-2H3,(H,31,35). The van der Waals surface area contributed by atoms with Crippen LogP contribution >= 0.6 is 46.4 Å². The molecule has 0 saturated heterocycles. The van der Waals surface area contributed by atoms with Crippen LogP contribution in [-0.2, 0) is 26.2 Å². The number of anilines is 1. The first-order chi connectivity index (χ1) is 18.0. The maximum atomic E-state index is 13.9. The molecule has 1 atom stereocenters. The zero-order valence-corrected chi connectivity index (χ0v) is 24.3. The number of likely N-dealkylation sites (N-methyl/N-ethyl adjacent to an activating group) is 1. The Balaban J connectivity index is 2.08. The van der Waals surface area contributed by atoms with Crippen molar-refractivity contribution in [1.82, 2.24) is 10.2 Å². The minimum Gasteiger partial charge on any atom is -0.357 e. The van der Waals surface area contributed by atoms with Gasteiger partial charge >= 0.3 is 0 Å². The zero-order valence-electron chi connectivity index (χ0n) is 20.5. The van der Waals surface area contributed by atoms with E-state index in [-0.39, 0.29) is 28.6 Å². The average Bonchev–Trinajstić information content (AvgIpc) is 2.88. The number of nitrogens with zero attached hydrogens (tertiary/aromatic N) is 2. The summed E-state index contributed by atoms with van der Waals surface area (Å²) >= 11 is 24.5. The Labute approximate surface area is 242 Å². The van der Waals surface area contributed by atoms with Crippen LogP contribution in [0.25, 0.3) is 0 Å². The molecule has 3 aromatic carbocycles. The van der Waals surface area contributed by atoms with Crippen LogP contribution in [0.15, 0.2) is 71.6 Å². The first-order valence-corrected chi connectivity index (χ1v) is 14.4. The number of amides is 2. The molecule has 3 aromatic rings. The van der Waals surface area contributed by atoms with Crippen LogP contribution in [0.5, 0.6) is 0 Å². The third-order valence-corrected chi connectivity index (χ3v) is 8.63. The molecular formula is C26H25Cl4N3O4S. The van der Waals surface area contributed by atoms with Gasteiger partial charge in [0.25, 0.3) is 10.0 Å². The summed E-state index contributed by atoms with van der Waals surface area (Å²) in [6, 6.07) is 15.7. The molecule has 0 aliphatic carbocycles. The topological polar surface area (TPSA) is 86.8 Å². The van der Waals surface area contributed by atoms with Gasteiger partial charge in [-0.05, 0) is 66.6 Å². The molecule has 202 valence electrons. The van der Waals surface area contributed by atoms with Gasteiger partial charge in [0.2, 0.25) is 11.8 Å². The summed E-state index contributed by atoms with van der Waals surface area (Å²) in [7, 11) is -2.77. The summed E-state index contributed by atoms with van der Waals surface area (Å²) in [6.07, 6.45) is 0.276. The van der Waals surface area contributed by atoms with Crippen molar-refractivity contribution in [2.24, 2.45) is 0 Å². The summed E-state index contributed by atoms with van der Waals surface area (Å²) in [5.41, 5.74) is 0.722. The van der Waals surface area contributed by atoms with E-state index in [4.69, 9.17) is 46.4 Å². The van der Waals surface area contributed by atoms with E-state index in [1.54, 1.807) is 31.2 Å². The molecular weight excluding hydrogens is 592 g/mol. The summed E-state index contributed by atoms with van der Waals surface area (Å²) in [5, 5.41) is 3.93. The van der Waals surface area contributed by atoms with E-state index in [2.05, 4.69) is 5.32 Å². The average molecular weight is 617 g/mol. The van der Waals surface area contributed by atoms with E-state index in [1.807, 2.05) is 0 Å². The number of halogens is 4. The van der Waals surface area contributed by atoms with E-state index < -0.39 is 34.4 Å². The van der Waals surface area contributed by atoms with Crippen molar-refractivity contribution in [2.45, 2.75) is 30.8 Å². The Kier molecular flexibility index (Phi) is 10.3. The molecule has 0 bridgehead atoms. The molecule has 0 saturated carbocycles. The highest BCUT2D eigenvalue weighted by atomic mass is 35.5. The van der Waals surface area contributed by atoms with Crippen LogP contribution in [0.1, 0.15) is 18.9 Å². The molecule has 1 N–H and O–H groups in total. The highest BCUT2D eigenvalue weighted by Crippen LogP contribution is 2.28. The van der Waals surface area contributed by atoms with Gasteiger partial charge in [0.15, 0.2) is 0 Å². The Morgan fingerprint density at radius 3 is 2.11 bits per heavy atom. The SMILES string of the molecule is CCC(C(=O)NC)N(Cc1ccc(Cl)cc1Cl)C(=O)CN(c1cccc(Cl)c1)S(=O)(=O)c1ccc(Cl)cc1. The number of carbonyl (C=O) groups excluding carboxylic acids is 2. The van der Waals surface area contributed by atoms with Crippen LogP contribution in [0.2, 0.25) is 20.1 Å². The Hall–Kier alpha value is -2.49. The molecule has 0 aromatic heterocycles. The van der Waals surface area contributed by atoms with Gasteiger partial charge in [0, 0.05) is 33.7 Å². The first-order valence-electron chi connectivity index (χ1n) is 11.5. The maximum Gasteiger partial charge on any atom is 0.264 e. The monoisotopic (exact) mass is 615 g/mol. The smallest absolute Gasteiger partial charge is 0.264 e. The number of nitrogens with one attached hydrogen (secondary N) is 1. The molecule has 0 fully saturated rings. The lowest BCUT2D eigenvalue weighted by molar-refractivity contribution is -0.140. The van der Waals surface area contributed by atoms with Gasteiger partial charge < -0.3 is 10.2 Å². The lowest BCUT2D eigenvalue weighted by Crippen LogP contribution is -2.51. The first kappa shape index (κ1) is 30.1. The fourth-order valence-corrected chi connectivity index (χ4v) is 6.00. The fourth-order valence-electron chi connectivity index (χ4n) is 3.81. The highest BCUT2D eigenvalue weighted by molar-refractivity contribution is 7.92. The Morgan fingerprint density at radius 2 is 1.53 bits per heavy atom. The second-order valence-electron chi connectivity index (χ2n) is 8.24. The third kappa shape index (κ3) is 7.12. The number of rotatable bonds is 10. The predicted molar refractivity (Wildman–Crippen MR) is 153 cm³/mol. The normalized spacial score (nSPS) is 12.1. The van der Waals surface area contributed by atoms with Crippen LogP contribution in [0.3, 0.4) is 0 Å². The van der Waals surface area contributed by atoms with E-state index in [9.17, 15) is 18.0 Å². The van der Waals surface area contributed by atoms with Crippen LogP contribution in [-0.4, -0.2) is 44.8 Å². The second-order valence-corrected chi connectivity index (χ2v) is 11.8. The third-order valence-electron chi connectivity index (χ3n) is 5.76. The van der Waals surface area contributed by atoms with Gasteiger partial charge in [-0.25, -0.2) is 8.42 Å². The predicted octanol–water partition coefficient (Wildman–Crippen LogP) is 6.05. The van der Waals surface area contributed by atoms with E-state index in [0.717, 1.165) is 4.31 Å². The molecule has 0 radical (unpaired) electrons. The summed E-state index contributed by atoms with van der Waals surface area (Å²) < 4.78 is 28.4. The van der Waals surface area contributed by atoms with Crippen LogP contribution in [0.4, 0.5) is 5.69 Å². The van der Waals surface area contributed by atoms with Crippen molar-refractivity contribution in [3.63, 3.8) is 0 Å². The molecule has 3 rings (SSSR count).